The van der Waals surface area contributed by atoms with Crippen LogP contribution in [-0.2, 0) is 13.0 Å². The molecule has 0 aliphatic rings. The van der Waals surface area contributed by atoms with Crippen LogP contribution in [0, 0.1) is 0 Å². The third-order valence-electron chi connectivity index (χ3n) is 3.18. The van der Waals surface area contributed by atoms with Crippen LogP contribution in [0.5, 0.6) is 0 Å². The van der Waals surface area contributed by atoms with Crippen molar-refractivity contribution in [2.75, 3.05) is 23.8 Å². The lowest BCUT2D eigenvalue weighted by atomic mass is 10.3. The Labute approximate surface area is 131 Å². The average Bonchev–Trinajstić information content (AvgIpc) is 2.98. The number of hydrogen-bond acceptors (Lipinski definition) is 5. The van der Waals surface area contributed by atoms with Crippen molar-refractivity contribution in [2.24, 2.45) is 0 Å². The Morgan fingerprint density at radius 2 is 2.10 bits per heavy atom. The number of nitrogens with zero attached hydrogens (tertiary/aromatic N) is 3. The van der Waals surface area contributed by atoms with E-state index in [9.17, 15) is 0 Å². The lowest BCUT2D eigenvalue weighted by Gasteiger charge is -2.19. The van der Waals surface area contributed by atoms with E-state index in [1.165, 1.54) is 5.56 Å². The zero-order chi connectivity index (χ0) is 15.1. The molecule has 0 atom stereocenters. The van der Waals surface area contributed by atoms with Gasteiger partial charge >= 0.3 is 0 Å². The van der Waals surface area contributed by atoms with Crippen molar-refractivity contribution in [2.45, 2.75) is 39.7 Å². The molecule has 0 amide bonds. The Hall–Kier alpha value is -1.62. The normalized spacial score (nSPS) is 10.6. The van der Waals surface area contributed by atoms with Gasteiger partial charge in [-0.05, 0) is 35.2 Å². The lowest BCUT2D eigenvalue weighted by molar-refractivity contribution is 0.811. The molecule has 2 aromatic rings. The first kappa shape index (κ1) is 15.8. The SMILES string of the molecule is CCCNc1cc(N(C)Cc2ccsc2)nc(CCC)n1. The Bertz CT molecular complexity index is 539. The smallest absolute Gasteiger partial charge is 0.134 e. The number of thiophene rings is 1. The summed E-state index contributed by atoms with van der Waals surface area (Å²) in [5.41, 5.74) is 1.32. The standard InChI is InChI=1S/C16H24N4S/c1-4-6-14-18-15(17-8-5-2)10-16(19-14)20(3)11-13-7-9-21-12-13/h7,9-10,12H,4-6,8,11H2,1-3H3,(H,17,18,19). The maximum Gasteiger partial charge on any atom is 0.134 e. The molecule has 114 valence electrons. The number of aryl methyl sites for hydroxylation is 1. The van der Waals surface area contributed by atoms with Crippen molar-refractivity contribution in [1.82, 2.24) is 9.97 Å². The van der Waals surface area contributed by atoms with E-state index in [1.54, 1.807) is 11.3 Å². The van der Waals surface area contributed by atoms with Gasteiger partial charge in [0.2, 0.25) is 0 Å². The van der Waals surface area contributed by atoms with E-state index in [1.807, 2.05) is 6.07 Å². The maximum absolute atomic E-state index is 4.69. The first-order valence-electron chi connectivity index (χ1n) is 7.57. The summed E-state index contributed by atoms with van der Waals surface area (Å²) in [7, 11) is 2.08. The monoisotopic (exact) mass is 304 g/mol. The summed E-state index contributed by atoms with van der Waals surface area (Å²) < 4.78 is 0. The molecule has 2 heterocycles. The van der Waals surface area contributed by atoms with Gasteiger partial charge in [0.05, 0.1) is 0 Å². The second kappa shape index (κ2) is 7.98. The van der Waals surface area contributed by atoms with Gasteiger partial charge in [0.1, 0.15) is 17.5 Å². The van der Waals surface area contributed by atoms with Gasteiger partial charge in [-0.15, -0.1) is 0 Å². The number of nitrogens with one attached hydrogen (secondary N) is 1. The summed E-state index contributed by atoms with van der Waals surface area (Å²) in [6, 6.07) is 4.20. The molecule has 0 saturated carbocycles. The molecule has 0 fully saturated rings. The number of anilines is 2. The third-order valence-corrected chi connectivity index (χ3v) is 3.91. The fourth-order valence-electron chi connectivity index (χ4n) is 2.10. The van der Waals surface area contributed by atoms with E-state index in [2.05, 4.69) is 57.9 Å². The van der Waals surface area contributed by atoms with Crippen LogP contribution >= 0.6 is 11.3 Å². The van der Waals surface area contributed by atoms with Crippen molar-refractivity contribution in [3.8, 4) is 0 Å². The lowest BCUT2D eigenvalue weighted by Crippen LogP contribution is -2.19. The quantitative estimate of drug-likeness (QED) is 0.802. The van der Waals surface area contributed by atoms with Gasteiger partial charge in [0, 0.05) is 32.6 Å². The molecule has 4 nitrogen and oxygen atoms in total. The number of aromatic nitrogens is 2. The molecule has 2 rings (SSSR count). The molecule has 0 radical (unpaired) electrons. The fraction of sp³-hybridized carbons (Fsp3) is 0.500. The Morgan fingerprint density at radius 1 is 1.24 bits per heavy atom. The van der Waals surface area contributed by atoms with Crippen LogP contribution < -0.4 is 10.2 Å². The van der Waals surface area contributed by atoms with Gasteiger partial charge < -0.3 is 10.2 Å². The van der Waals surface area contributed by atoms with E-state index in [4.69, 9.17) is 0 Å². The van der Waals surface area contributed by atoms with Crippen LogP contribution in [0.25, 0.3) is 0 Å². The highest BCUT2D eigenvalue weighted by molar-refractivity contribution is 7.07. The molecule has 0 aliphatic heterocycles. The second-order valence-electron chi connectivity index (χ2n) is 5.19. The summed E-state index contributed by atoms with van der Waals surface area (Å²) in [5.74, 6) is 2.84. The zero-order valence-electron chi connectivity index (χ0n) is 13.1. The first-order chi connectivity index (χ1) is 10.2. The molecule has 0 aliphatic carbocycles. The van der Waals surface area contributed by atoms with Crippen LogP contribution in [-0.4, -0.2) is 23.6 Å². The van der Waals surface area contributed by atoms with E-state index in [0.717, 1.165) is 49.8 Å². The van der Waals surface area contributed by atoms with Crippen LogP contribution in [0.2, 0.25) is 0 Å². The summed E-state index contributed by atoms with van der Waals surface area (Å²) in [5, 5.41) is 7.66. The number of rotatable bonds is 8. The van der Waals surface area contributed by atoms with E-state index in [-0.39, 0.29) is 0 Å². The molecular weight excluding hydrogens is 280 g/mol. The third kappa shape index (κ3) is 4.70. The minimum absolute atomic E-state index is 0.874. The number of hydrogen-bond donors (Lipinski definition) is 1. The summed E-state index contributed by atoms with van der Waals surface area (Å²) >= 11 is 1.73. The van der Waals surface area contributed by atoms with Crippen molar-refractivity contribution < 1.29 is 0 Å². The first-order valence-corrected chi connectivity index (χ1v) is 8.51. The van der Waals surface area contributed by atoms with Gasteiger partial charge in [-0.2, -0.15) is 11.3 Å². The summed E-state index contributed by atoms with van der Waals surface area (Å²) in [6.07, 6.45) is 3.07. The molecular formula is C16H24N4S. The molecule has 5 heteroatoms. The van der Waals surface area contributed by atoms with Crippen LogP contribution in [0.4, 0.5) is 11.6 Å². The largest absolute Gasteiger partial charge is 0.370 e. The minimum Gasteiger partial charge on any atom is -0.370 e. The molecule has 0 aromatic carbocycles. The van der Waals surface area contributed by atoms with Gasteiger partial charge in [0.15, 0.2) is 0 Å². The van der Waals surface area contributed by atoms with Crippen LogP contribution in [0.1, 0.15) is 38.1 Å². The Kier molecular flexibility index (Phi) is 5.99. The van der Waals surface area contributed by atoms with Crippen LogP contribution in [0.15, 0.2) is 22.9 Å². The van der Waals surface area contributed by atoms with Crippen molar-refractivity contribution in [3.63, 3.8) is 0 Å². The molecule has 0 bridgehead atoms. The Morgan fingerprint density at radius 3 is 2.76 bits per heavy atom. The zero-order valence-corrected chi connectivity index (χ0v) is 13.9. The second-order valence-corrected chi connectivity index (χ2v) is 5.97. The van der Waals surface area contributed by atoms with Gasteiger partial charge in [-0.1, -0.05) is 13.8 Å². The van der Waals surface area contributed by atoms with Gasteiger partial charge in [0.25, 0.3) is 0 Å². The minimum atomic E-state index is 0.874. The molecule has 0 saturated heterocycles. The van der Waals surface area contributed by atoms with E-state index < -0.39 is 0 Å². The summed E-state index contributed by atoms with van der Waals surface area (Å²) in [4.78, 5) is 11.5. The average molecular weight is 304 g/mol. The molecule has 1 N–H and O–H groups in total. The van der Waals surface area contributed by atoms with Crippen LogP contribution in [0.3, 0.4) is 0 Å². The molecule has 2 aromatic heterocycles. The predicted octanol–water partition coefficient (Wildman–Crippen LogP) is 3.95. The maximum atomic E-state index is 4.69. The molecule has 0 unspecified atom stereocenters. The van der Waals surface area contributed by atoms with Crippen molar-refractivity contribution in [3.05, 3.63) is 34.3 Å². The van der Waals surface area contributed by atoms with Crippen molar-refractivity contribution in [1.29, 1.82) is 0 Å². The van der Waals surface area contributed by atoms with Crippen molar-refractivity contribution >= 4 is 23.0 Å². The Balaban J connectivity index is 2.17. The fourth-order valence-corrected chi connectivity index (χ4v) is 2.75. The predicted molar refractivity (Wildman–Crippen MR) is 91.2 cm³/mol. The highest BCUT2D eigenvalue weighted by Crippen LogP contribution is 2.18. The highest BCUT2D eigenvalue weighted by atomic mass is 32.1. The summed E-state index contributed by atoms with van der Waals surface area (Å²) in [6.45, 7) is 6.13. The molecule has 0 spiro atoms. The van der Waals surface area contributed by atoms with Gasteiger partial charge in [-0.3, -0.25) is 0 Å². The van der Waals surface area contributed by atoms with Gasteiger partial charge in [-0.25, -0.2) is 9.97 Å². The van der Waals surface area contributed by atoms with E-state index >= 15 is 0 Å². The van der Waals surface area contributed by atoms with E-state index in [0.29, 0.717) is 0 Å². The molecule has 21 heavy (non-hydrogen) atoms. The topological polar surface area (TPSA) is 41.0 Å². The highest BCUT2D eigenvalue weighted by Gasteiger charge is 2.09.